The van der Waals surface area contributed by atoms with Gasteiger partial charge in [0.1, 0.15) is 0 Å². The number of allylic oxidation sites excluding steroid dienone is 3. The highest BCUT2D eigenvalue weighted by molar-refractivity contribution is 8.07. The molecule has 2 nitrogen and oxygen atoms in total. The third kappa shape index (κ3) is 8.47. The quantitative estimate of drug-likeness (QED) is 0.546. The number of hydrogen-bond acceptors (Lipinski definition) is 2. The molecule has 116 valence electrons. The second-order valence-electron chi connectivity index (χ2n) is 5.11. The van der Waals surface area contributed by atoms with Crippen LogP contribution in [0.15, 0.2) is 22.0 Å². The molecule has 1 amide bonds. The van der Waals surface area contributed by atoms with Crippen molar-refractivity contribution in [3.05, 3.63) is 22.0 Å². The van der Waals surface area contributed by atoms with E-state index in [1.807, 2.05) is 32.9 Å². The molecule has 0 aromatic carbocycles. The fourth-order valence-corrected chi connectivity index (χ4v) is 2.65. The van der Waals surface area contributed by atoms with E-state index in [2.05, 4.69) is 19.2 Å². The van der Waals surface area contributed by atoms with Gasteiger partial charge in [0.05, 0.1) is 4.91 Å². The fourth-order valence-electron chi connectivity index (χ4n) is 1.91. The Morgan fingerprint density at radius 3 is 2.05 bits per heavy atom. The van der Waals surface area contributed by atoms with Crippen molar-refractivity contribution < 1.29 is 4.79 Å². The van der Waals surface area contributed by atoms with Gasteiger partial charge in [0, 0.05) is 6.04 Å². The molecule has 0 aromatic heterocycles. The Hall–Kier alpha value is -0.700. The Bertz CT molecular complexity index is 326. The lowest BCUT2D eigenvalue weighted by Gasteiger charge is -2.19. The molecule has 1 N–H and O–H groups in total. The van der Waals surface area contributed by atoms with E-state index in [4.69, 9.17) is 0 Å². The third-order valence-corrected chi connectivity index (χ3v) is 4.51. The van der Waals surface area contributed by atoms with Crippen molar-refractivity contribution in [2.24, 2.45) is 0 Å². The Morgan fingerprint density at radius 2 is 1.65 bits per heavy atom. The lowest BCUT2D eigenvalue weighted by atomic mass is 10.0. The van der Waals surface area contributed by atoms with Crippen LogP contribution in [0, 0.1) is 0 Å². The van der Waals surface area contributed by atoms with E-state index >= 15 is 0 Å². The van der Waals surface area contributed by atoms with Crippen molar-refractivity contribution in [2.75, 3.05) is 0 Å². The summed E-state index contributed by atoms with van der Waals surface area (Å²) in [6.45, 7) is 10.4. The molecule has 0 aliphatic rings. The average Bonchev–Trinajstić information content (AvgIpc) is 2.46. The standard InChI is InChI=1S/C17H31NOS/c1-6-10-12-15(13-11-7-2)18-17(19)16(9-4)20-14(5)8-3/h8-9,15H,6-7,10-13H2,1-5H3,(H,18,19)/b14-8-,16-9-. The zero-order chi connectivity index (χ0) is 15.4. The second-order valence-corrected chi connectivity index (χ2v) is 6.40. The SMILES string of the molecule is C/C=C(/C)S/C(=C\C)C(=O)NC(CCCC)CCCC. The first-order valence-electron chi connectivity index (χ1n) is 7.86. The first-order chi connectivity index (χ1) is 9.58. The van der Waals surface area contributed by atoms with Crippen LogP contribution in [0.25, 0.3) is 0 Å². The molecule has 0 bridgehead atoms. The van der Waals surface area contributed by atoms with Gasteiger partial charge in [0.2, 0.25) is 0 Å². The number of amides is 1. The van der Waals surface area contributed by atoms with Crippen molar-refractivity contribution in [2.45, 2.75) is 79.2 Å². The summed E-state index contributed by atoms with van der Waals surface area (Å²) >= 11 is 1.55. The predicted molar refractivity (Wildman–Crippen MR) is 91.8 cm³/mol. The number of hydrogen-bond donors (Lipinski definition) is 1. The van der Waals surface area contributed by atoms with Crippen LogP contribution in [-0.2, 0) is 4.79 Å². The molecule has 0 saturated carbocycles. The zero-order valence-corrected chi connectivity index (χ0v) is 14.6. The monoisotopic (exact) mass is 297 g/mol. The number of rotatable bonds is 10. The van der Waals surface area contributed by atoms with Crippen LogP contribution >= 0.6 is 11.8 Å². The minimum atomic E-state index is 0.0795. The Morgan fingerprint density at radius 1 is 1.10 bits per heavy atom. The van der Waals surface area contributed by atoms with E-state index in [1.54, 1.807) is 11.8 Å². The van der Waals surface area contributed by atoms with Crippen LogP contribution in [0.4, 0.5) is 0 Å². The highest BCUT2D eigenvalue weighted by Gasteiger charge is 2.15. The summed E-state index contributed by atoms with van der Waals surface area (Å²) in [6.07, 6.45) is 10.8. The molecule has 0 saturated heterocycles. The fraction of sp³-hybridized carbons (Fsp3) is 0.706. The van der Waals surface area contributed by atoms with E-state index in [-0.39, 0.29) is 5.91 Å². The van der Waals surface area contributed by atoms with Gasteiger partial charge < -0.3 is 5.32 Å². The smallest absolute Gasteiger partial charge is 0.257 e. The Balaban J connectivity index is 4.53. The van der Waals surface area contributed by atoms with E-state index < -0.39 is 0 Å². The van der Waals surface area contributed by atoms with Gasteiger partial charge in [-0.05, 0) is 38.5 Å². The molecular formula is C17H31NOS. The van der Waals surface area contributed by atoms with Crippen molar-refractivity contribution in [3.8, 4) is 0 Å². The molecule has 0 heterocycles. The van der Waals surface area contributed by atoms with Gasteiger partial charge in [-0.15, -0.1) is 0 Å². The largest absolute Gasteiger partial charge is 0.349 e. The molecule has 0 aromatic rings. The van der Waals surface area contributed by atoms with Crippen LogP contribution < -0.4 is 5.32 Å². The van der Waals surface area contributed by atoms with Gasteiger partial charge in [0.15, 0.2) is 0 Å². The van der Waals surface area contributed by atoms with Gasteiger partial charge in [-0.3, -0.25) is 4.79 Å². The molecular weight excluding hydrogens is 266 g/mol. The van der Waals surface area contributed by atoms with E-state index in [0.717, 1.165) is 22.7 Å². The first-order valence-corrected chi connectivity index (χ1v) is 8.68. The van der Waals surface area contributed by atoms with Crippen LogP contribution in [0.3, 0.4) is 0 Å². The minimum Gasteiger partial charge on any atom is -0.349 e. The highest BCUT2D eigenvalue weighted by atomic mass is 32.2. The molecule has 0 radical (unpaired) electrons. The Labute approximate surface area is 129 Å². The summed E-state index contributed by atoms with van der Waals surface area (Å²) < 4.78 is 0. The van der Waals surface area contributed by atoms with Crippen molar-refractivity contribution in [3.63, 3.8) is 0 Å². The lowest BCUT2D eigenvalue weighted by Crippen LogP contribution is -2.35. The number of carbonyl (C=O) groups is 1. The molecule has 0 spiro atoms. The van der Waals surface area contributed by atoms with Gasteiger partial charge in [0.25, 0.3) is 5.91 Å². The van der Waals surface area contributed by atoms with Crippen LogP contribution in [0.1, 0.15) is 73.1 Å². The molecule has 0 unspecified atom stereocenters. The van der Waals surface area contributed by atoms with E-state index in [1.165, 1.54) is 25.7 Å². The molecule has 0 aliphatic heterocycles. The summed E-state index contributed by atoms with van der Waals surface area (Å²) in [5.41, 5.74) is 0. The minimum absolute atomic E-state index is 0.0795. The van der Waals surface area contributed by atoms with Crippen LogP contribution in [-0.4, -0.2) is 11.9 Å². The third-order valence-electron chi connectivity index (χ3n) is 3.31. The summed E-state index contributed by atoms with van der Waals surface area (Å²) in [5, 5.41) is 3.21. The molecule has 0 atom stereocenters. The predicted octanol–water partition coefficient (Wildman–Crippen LogP) is 5.41. The summed E-state index contributed by atoms with van der Waals surface area (Å²) in [5.74, 6) is 0.0795. The number of unbranched alkanes of at least 4 members (excludes halogenated alkanes) is 2. The maximum Gasteiger partial charge on any atom is 0.257 e. The van der Waals surface area contributed by atoms with Crippen molar-refractivity contribution >= 4 is 17.7 Å². The summed E-state index contributed by atoms with van der Waals surface area (Å²) in [4.78, 5) is 14.3. The highest BCUT2D eigenvalue weighted by Crippen LogP contribution is 2.25. The molecule has 3 heteroatoms. The molecule has 20 heavy (non-hydrogen) atoms. The average molecular weight is 298 g/mol. The number of nitrogens with one attached hydrogen (secondary N) is 1. The lowest BCUT2D eigenvalue weighted by molar-refractivity contribution is -0.117. The Kier molecular flexibility index (Phi) is 11.6. The maximum absolute atomic E-state index is 12.3. The summed E-state index contributed by atoms with van der Waals surface area (Å²) in [6, 6.07) is 0.323. The van der Waals surface area contributed by atoms with E-state index in [0.29, 0.717) is 6.04 Å². The van der Waals surface area contributed by atoms with Gasteiger partial charge >= 0.3 is 0 Å². The van der Waals surface area contributed by atoms with Gasteiger partial charge in [-0.2, -0.15) is 0 Å². The number of thioether (sulfide) groups is 1. The zero-order valence-electron chi connectivity index (χ0n) is 13.8. The maximum atomic E-state index is 12.3. The summed E-state index contributed by atoms with van der Waals surface area (Å²) in [7, 11) is 0. The molecule has 0 rings (SSSR count). The van der Waals surface area contributed by atoms with Crippen molar-refractivity contribution in [1.29, 1.82) is 0 Å². The van der Waals surface area contributed by atoms with Gasteiger partial charge in [-0.1, -0.05) is 63.4 Å². The molecule has 0 fully saturated rings. The van der Waals surface area contributed by atoms with Crippen molar-refractivity contribution in [1.82, 2.24) is 5.32 Å². The number of carbonyl (C=O) groups excluding carboxylic acids is 1. The van der Waals surface area contributed by atoms with Crippen LogP contribution in [0.5, 0.6) is 0 Å². The van der Waals surface area contributed by atoms with Gasteiger partial charge in [-0.25, -0.2) is 0 Å². The van der Waals surface area contributed by atoms with E-state index in [9.17, 15) is 4.79 Å². The molecule has 0 aliphatic carbocycles. The second kappa shape index (κ2) is 12.1. The van der Waals surface area contributed by atoms with Crippen LogP contribution in [0.2, 0.25) is 0 Å². The normalized spacial score (nSPS) is 12.9. The topological polar surface area (TPSA) is 29.1 Å². The first kappa shape index (κ1) is 19.3.